The number of para-hydroxylation sites is 2. The van der Waals surface area contributed by atoms with Gasteiger partial charge in [0.1, 0.15) is 12.4 Å². The molecule has 0 fully saturated rings. The van der Waals surface area contributed by atoms with Gasteiger partial charge in [0.15, 0.2) is 0 Å². The molecule has 2 aromatic rings. The van der Waals surface area contributed by atoms with Crippen molar-refractivity contribution in [2.75, 3.05) is 11.9 Å². The van der Waals surface area contributed by atoms with Gasteiger partial charge in [-0.1, -0.05) is 62.4 Å². The molecule has 0 aliphatic heterocycles. The van der Waals surface area contributed by atoms with E-state index in [4.69, 9.17) is 4.74 Å². The number of aryl methyl sites for hydroxylation is 1. The highest BCUT2D eigenvalue weighted by Crippen LogP contribution is 2.22. The van der Waals surface area contributed by atoms with E-state index >= 15 is 0 Å². The SMILES string of the molecule is C=CCOc1ccccc1CNc1ccccc1CCC. The summed E-state index contributed by atoms with van der Waals surface area (Å²) in [6.07, 6.45) is 4.01. The maximum absolute atomic E-state index is 5.69. The van der Waals surface area contributed by atoms with Crippen molar-refractivity contribution in [3.05, 3.63) is 72.3 Å². The standard InChI is InChI=1S/C19H23NO/c1-3-9-16-10-5-7-12-18(16)20-15-17-11-6-8-13-19(17)21-14-4-2/h4-8,10-13,20H,2-3,9,14-15H2,1H3. The molecule has 2 rings (SSSR count). The molecule has 0 heterocycles. The predicted molar refractivity (Wildman–Crippen MR) is 89.9 cm³/mol. The fourth-order valence-electron chi connectivity index (χ4n) is 2.31. The summed E-state index contributed by atoms with van der Waals surface area (Å²) in [7, 11) is 0. The molecule has 0 aromatic heterocycles. The second-order valence-electron chi connectivity index (χ2n) is 4.97. The molecule has 2 heteroatoms. The first-order chi connectivity index (χ1) is 10.3. The summed E-state index contributed by atoms with van der Waals surface area (Å²) in [6, 6.07) is 16.6. The van der Waals surface area contributed by atoms with Gasteiger partial charge in [-0.05, 0) is 24.1 Å². The molecule has 0 aliphatic rings. The van der Waals surface area contributed by atoms with E-state index < -0.39 is 0 Å². The molecule has 0 aliphatic carbocycles. The lowest BCUT2D eigenvalue weighted by atomic mass is 10.1. The van der Waals surface area contributed by atoms with Crippen LogP contribution in [0.3, 0.4) is 0 Å². The minimum Gasteiger partial charge on any atom is -0.489 e. The van der Waals surface area contributed by atoms with Crippen LogP contribution < -0.4 is 10.1 Å². The van der Waals surface area contributed by atoms with Gasteiger partial charge in [-0.2, -0.15) is 0 Å². The highest BCUT2D eigenvalue weighted by molar-refractivity contribution is 5.52. The molecule has 2 nitrogen and oxygen atoms in total. The normalized spacial score (nSPS) is 10.1. The lowest BCUT2D eigenvalue weighted by molar-refractivity contribution is 0.359. The Morgan fingerprint density at radius 2 is 1.76 bits per heavy atom. The highest BCUT2D eigenvalue weighted by Gasteiger charge is 2.04. The summed E-state index contributed by atoms with van der Waals surface area (Å²) in [5.41, 5.74) is 3.73. The van der Waals surface area contributed by atoms with E-state index in [9.17, 15) is 0 Å². The quantitative estimate of drug-likeness (QED) is 0.701. The molecular weight excluding hydrogens is 258 g/mol. The minimum atomic E-state index is 0.531. The molecular formula is C19H23NO. The van der Waals surface area contributed by atoms with Gasteiger partial charge in [0.2, 0.25) is 0 Å². The van der Waals surface area contributed by atoms with E-state index in [-0.39, 0.29) is 0 Å². The maximum atomic E-state index is 5.69. The first-order valence-electron chi connectivity index (χ1n) is 7.48. The van der Waals surface area contributed by atoms with Crippen LogP contribution in [0.25, 0.3) is 0 Å². The molecule has 2 aromatic carbocycles. The van der Waals surface area contributed by atoms with Gasteiger partial charge in [-0.25, -0.2) is 0 Å². The summed E-state index contributed by atoms with van der Waals surface area (Å²) in [5.74, 6) is 0.915. The molecule has 0 amide bonds. The number of rotatable bonds is 8. The molecule has 110 valence electrons. The smallest absolute Gasteiger partial charge is 0.124 e. The lowest BCUT2D eigenvalue weighted by Crippen LogP contribution is -2.05. The van der Waals surface area contributed by atoms with Gasteiger partial charge in [0.25, 0.3) is 0 Å². The average molecular weight is 281 g/mol. The van der Waals surface area contributed by atoms with Crippen LogP contribution in [0.2, 0.25) is 0 Å². The number of ether oxygens (including phenoxy) is 1. The van der Waals surface area contributed by atoms with Crippen molar-refractivity contribution in [2.24, 2.45) is 0 Å². The average Bonchev–Trinajstić information content (AvgIpc) is 2.53. The van der Waals surface area contributed by atoms with Gasteiger partial charge in [0, 0.05) is 17.8 Å². The molecule has 1 N–H and O–H groups in total. The fraction of sp³-hybridized carbons (Fsp3) is 0.263. The Balaban J connectivity index is 2.08. The van der Waals surface area contributed by atoms with Crippen LogP contribution in [0.4, 0.5) is 5.69 Å². The van der Waals surface area contributed by atoms with Crippen LogP contribution in [0, 0.1) is 0 Å². The van der Waals surface area contributed by atoms with E-state index in [0.29, 0.717) is 6.61 Å². The third kappa shape index (κ3) is 4.38. The van der Waals surface area contributed by atoms with E-state index in [2.05, 4.69) is 49.2 Å². The largest absolute Gasteiger partial charge is 0.489 e. The number of benzene rings is 2. The van der Waals surface area contributed by atoms with Gasteiger partial charge in [-0.3, -0.25) is 0 Å². The second-order valence-corrected chi connectivity index (χ2v) is 4.97. The minimum absolute atomic E-state index is 0.531. The summed E-state index contributed by atoms with van der Waals surface area (Å²) in [4.78, 5) is 0. The van der Waals surface area contributed by atoms with Crippen molar-refractivity contribution in [2.45, 2.75) is 26.3 Å². The van der Waals surface area contributed by atoms with E-state index in [0.717, 1.165) is 30.7 Å². The van der Waals surface area contributed by atoms with Gasteiger partial charge in [0.05, 0.1) is 0 Å². The second kappa shape index (κ2) is 8.15. The summed E-state index contributed by atoms with van der Waals surface area (Å²) < 4.78 is 5.69. The van der Waals surface area contributed by atoms with Crippen LogP contribution in [-0.2, 0) is 13.0 Å². The van der Waals surface area contributed by atoms with E-state index in [1.807, 2.05) is 18.2 Å². The fourth-order valence-corrected chi connectivity index (χ4v) is 2.31. The summed E-state index contributed by atoms with van der Waals surface area (Å²) in [6.45, 7) is 7.18. The number of hydrogen-bond donors (Lipinski definition) is 1. The van der Waals surface area contributed by atoms with Crippen molar-refractivity contribution in [3.8, 4) is 5.75 Å². The van der Waals surface area contributed by atoms with Gasteiger partial charge in [-0.15, -0.1) is 0 Å². The van der Waals surface area contributed by atoms with Gasteiger partial charge >= 0.3 is 0 Å². The number of hydrogen-bond acceptors (Lipinski definition) is 2. The van der Waals surface area contributed by atoms with Crippen LogP contribution in [-0.4, -0.2) is 6.61 Å². The van der Waals surface area contributed by atoms with E-state index in [1.165, 1.54) is 11.3 Å². The third-order valence-electron chi connectivity index (χ3n) is 3.34. The van der Waals surface area contributed by atoms with Gasteiger partial charge < -0.3 is 10.1 Å². The van der Waals surface area contributed by atoms with Crippen LogP contribution >= 0.6 is 0 Å². The molecule has 0 unspecified atom stereocenters. The van der Waals surface area contributed by atoms with Crippen LogP contribution in [0.5, 0.6) is 5.75 Å². The zero-order chi connectivity index (χ0) is 14.9. The number of anilines is 1. The van der Waals surface area contributed by atoms with Crippen molar-refractivity contribution in [3.63, 3.8) is 0 Å². The predicted octanol–water partition coefficient (Wildman–Crippen LogP) is 4.82. The summed E-state index contributed by atoms with van der Waals surface area (Å²) >= 11 is 0. The van der Waals surface area contributed by atoms with Crippen LogP contribution in [0.15, 0.2) is 61.2 Å². The molecule has 0 atom stereocenters. The topological polar surface area (TPSA) is 21.3 Å². The highest BCUT2D eigenvalue weighted by atomic mass is 16.5. The van der Waals surface area contributed by atoms with E-state index in [1.54, 1.807) is 6.08 Å². The van der Waals surface area contributed by atoms with Crippen molar-refractivity contribution in [1.82, 2.24) is 0 Å². The maximum Gasteiger partial charge on any atom is 0.124 e. The zero-order valence-corrected chi connectivity index (χ0v) is 12.6. The Hall–Kier alpha value is -2.22. The van der Waals surface area contributed by atoms with Crippen LogP contribution in [0.1, 0.15) is 24.5 Å². The van der Waals surface area contributed by atoms with Crippen molar-refractivity contribution < 1.29 is 4.74 Å². The molecule has 0 saturated carbocycles. The Kier molecular flexibility index (Phi) is 5.89. The molecule has 0 saturated heterocycles. The Morgan fingerprint density at radius 3 is 2.52 bits per heavy atom. The Labute approximate surface area is 127 Å². The number of nitrogens with one attached hydrogen (secondary N) is 1. The summed E-state index contributed by atoms with van der Waals surface area (Å²) in [5, 5.41) is 3.53. The first-order valence-corrected chi connectivity index (χ1v) is 7.48. The lowest BCUT2D eigenvalue weighted by Gasteiger charge is -2.14. The Bertz CT molecular complexity index is 577. The molecule has 0 radical (unpaired) electrons. The van der Waals surface area contributed by atoms with Crippen molar-refractivity contribution in [1.29, 1.82) is 0 Å². The molecule has 21 heavy (non-hydrogen) atoms. The monoisotopic (exact) mass is 281 g/mol. The first kappa shape index (κ1) is 15.2. The Morgan fingerprint density at radius 1 is 1.05 bits per heavy atom. The van der Waals surface area contributed by atoms with Crippen molar-refractivity contribution >= 4 is 5.69 Å². The molecule has 0 spiro atoms. The molecule has 0 bridgehead atoms. The zero-order valence-electron chi connectivity index (χ0n) is 12.6. The third-order valence-corrected chi connectivity index (χ3v) is 3.34.